The maximum atomic E-state index is 5.29. The van der Waals surface area contributed by atoms with Crippen LogP contribution in [0.15, 0.2) is 24.3 Å². The molecule has 0 fully saturated rings. The second-order valence-electron chi connectivity index (χ2n) is 4.69. The largest absolute Gasteiger partial charge is 0.497 e. The second-order valence-corrected chi connectivity index (χ2v) is 4.69. The number of aryl methyl sites for hydroxylation is 1. The predicted molar refractivity (Wildman–Crippen MR) is 82.3 cm³/mol. The van der Waals surface area contributed by atoms with Gasteiger partial charge >= 0.3 is 0 Å². The van der Waals surface area contributed by atoms with Crippen molar-refractivity contribution in [3.63, 3.8) is 0 Å². The van der Waals surface area contributed by atoms with Gasteiger partial charge in [-0.15, -0.1) is 0 Å². The van der Waals surface area contributed by atoms with E-state index < -0.39 is 0 Å². The van der Waals surface area contributed by atoms with Crippen LogP contribution in [0.3, 0.4) is 0 Å². The van der Waals surface area contributed by atoms with Crippen molar-refractivity contribution in [2.24, 2.45) is 0 Å². The quantitative estimate of drug-likeness (QED) is 0.904. The number of ether oxygens (including phenoxy) is 1. The van der Waals surface area contributed by atoms with Gasteiger partial charge in [0.15, 0.2) is 0 Å². The van der Waals surface area contributed by atoms with Gasteiger partial charge in [-0.05, 0) is 25.5 Å². The molecule has 0 aliphatic carbocycles. The molecular formula is C16H21N3O. The fourth-order valence-electron chi connectivity index (χ4n) is 2.19. The number of nitrogens with zero attached hydrogens (tertiary/aromatic N) is 2. The van der Waals surface area contributed by atoms with Crippen molar-refractivity contribution in [1.29, 1.82) is 0 Å². The molecule has 20 heavy (non-hydrogen) atoms. The lowest BCUT2D eigenvalue weighted by atomic mass is 10.1. The van der Waals surface area contributed by atoms with E-state index in [2.05, 4.69) is 17.2 Å². The molecule has 1 aromatic carbocycles. The number of nitrogens with one attached hydrogen (secondary N) is 1. The molecular weight excluding hydrogens is 250 g/mol. The minimum Gasteiger partial charge on any atom is -0.497 e. The Morgan fingerprint density at radius 2 is 2.05 bits per heavy atom. The van der Waals surface area contributed by atoms with Crippen molar-refractivity contribution >= 4 is 5.82 Å². The molecule has 1 aromatic heterocycles. The third kappa shape index (κ3) is 2.90. The van der Waals surface area contributed by atoms with E-state index in [1.165, 1.54) is 0 Å². The molecule has 0 aliphatic heterocycles. The van der Waals surface area contributed by atoms with Crippen LogP contribution in [-0.4, -0.2) is 24.1 Å². The highest BCUT2D eigenvalue weighted by Crippen LogP contribution is 2.28. The summed E-state index contributed by atoms with van der Waals surface area (Å²) in [5.74, 6) is 2.60. The highest BCUT2D eigenvalue weighted by Gasteiger charge is 2.12. The fourth-order valence-corrected chi connectivity index (χ4v) is 2.19. The minimum absolute atomic E-state index is 0.837. The molecule has 0 bridgehead atoms. The molecule has 0 aliphatic rings. The molecule has 0 atom stereocenters. The Bertz CT molecular complexity index is 596. The Hall–Kier alpha value is -2.10. The minimum atomic E-state index is 0.837. The highest BCUT2D eigenvalue weighted by atomic mass is 16.5. The number of hydrogen-bond acceptors (Lipinski definition) is 4. The standard InChI is InChI=1S/C16H21N3O/c1-5-7-14-18-15(11(2)16(17-3)19-14)12-8-6-9-13(10-12)20-4/h6,8-10H,5,7H2,1-4H3,(H,17,18,19). The van der Waals surface area contributed by atoms with Gasteiger partial charge in [-0.25, -0.2) is 9.97 Å². The first-order chi connectivity index (χ1) is 9.69. The second kappa shape index (κ2) is 6.37. The van der Waals surface area contributed by atoms with Gasteiger partial charge in [-0.2, -0.15) is 0 Å². The van der Waals surface area contributed by atoms with Gasteiger partial charge < -0.3 is 10.1 Å². The van der Waals surface area contributed by atoms with E-state index in [9.17, 15) is 0 Å². The van der Waals surface area contributed by atoms with E-state index in [-0.39, 0.29) is 0 Å². The first-order valence-electron chi connectivity index (χ1n) is 6.89. The molecule has 2 rings (SSSR count). The zero-order valence-electron chi connectivity index (χ0n) is 12.5. The maximum Gasteiger partial charge on any atom is 0.132 e. The summed E-state index contributed by atoms with van der Waals surface area (Å²) in [4.78, 5) is 9.27. The predicted octanol–water partition coefficient (Wildman–Crippen LogP) is 3.45. The number of rotatable bonds is 5. The molecule has 2 aromatic rings. The van der Waals surface area contributed by atoms with E-state index >= 15 is 0 Å². The van der Waals surface area contributed by atoms with Crippen LogP contribution in [0.4, 0.5) is 5.82 Å². The summed E-state index contributed by atoms with van der Waals surface area (Å²) in [6.07, 6.45) is 1.91. The maximum absolute atomic E-state index is 5.29. The van der Waals surface area contributed by atoms with Crippen molar-refractivity contribution < 1.29 is 4.74 Å². The summed E-state index contributed by atoms with van der Waals surface area (Å²) in [5.41, 5.74) is 3.07. The molecule has 4 nitrogen and oxygen atoms in total. The molecule has 0 amide bonds. The summed E-state index contributed by atoms with van der Waals surface area (Å²) < 4.78 is 5.29. The van der Waals surface area contributed by atoms with E-state index in [0.717, 1.165) is 47.1 Å². The van der Waals surface area contributed by atoms with E-state index in [0.29, 0.717) is 0 Å². The molecule has 106 valence electrons. The number of anilines is 1. The molecule has 1 N–H and O–H groups in total. The topological polar surface area (TPSA) is 47.0 Å². The third-order valence-corrected chi connectivity index (χ3v) is 3.25. The van der Waals surface area contributed by atoms with E-state index in [1.54, 1.807) is 7.11 Å². The van der Waals surface area contributed by atoms with Gasteiger partial charge in [-0.3, -0.25) is 0 Å². The van der Waals surface area contributed by atoms with Gasteiger partial charge in [-0.1, -0.05) is 19.1 Å². The zero-order valence-corrected chi connectivity index (χ0v) is 12.5. The number of hydrogen-bond donors (Lipinski definition) is 1. The molecule has 0 unspecified atom stereocenters. The van der Waals surface area contributed by atoms with Gasteiger partial charge in [0.1, 0.15) is 17.4 Å². The first kappa shape index (κ1) is 14.3. The zero-order chi connectivity index (χ0) is 14.5. The van der Waals surface area contributed by atoms with Gasteiger partial charge in [0.25, 0.3) is 0 Å². The lowest BCUT2D eigenvalue weighted by Crippen LogP contribution is -2.05. The molecule has 0 spiro atoms. The molecule has 4 heteroatoms. The Balaban J connectivity index is 2.55. The van der Waals surface area contributed by atoms with Crippen LogP contribution < -0.4 is 10.1 Å². The fraction of sp³-hybridized carbons (Fsp3) is 0.375. The van der Waals surface area contributed by atoms with Crippen molar-refractivity contribution in [2.45, 2.75) is 26.7 Å². The Kier molecular flexibility index (Phi) is 4.56. The molecule has 0 saturated heterocycles. The first-order valence-corrected chi connectivity index (χ1v) is 6.89. The van der Waals surface area contributed by atoms with Crippen molar-refractivity contribution in [2.75, 3.05) is 19.5 Å². The number of benzene rings is 1. The summed E-state index contributed by atoms with van der Waals surface area (Å²) in [7, 11) is 3.56. The summed E-state index contributed by atoms with van der Waals surface area (Å²) >= 11 is 0. The number of methoxy groups -OCH3 is 1. The monoisotopic (exact) mass is 271 g/mol. The van der Waals surface area contributed by atoms with Crippen molar-refractivity contribution in [3.05, 3.63) is 35.7 Å². The van der Waals surface area contributed by atoms with Crippen molar-refractivity contribution in [3.8, 4) is 17.0 Å². The van der Waals surface area contributed by atoms with Crippen LogP contribution in [-0.2, 0) is 6.42 Å². The van der Waals surface area contributed by atoms with E-state index in [1.807, 2.05) is 38.2 Å². The van der Waals surface area contributed by atoms with Gasteiger partial charge in [0.2, 0.25) is 0 Å². The summed E-state index contributed by atoms with van der Waals surface area (Å²) in [6, 6.07) is 7.97. The Morgan fingerprint density at radius 1 is 1.25 bits per heavy atom. The molecule has 1 heterocycles. The molecule has 0 saturated carbocycles. The summed E-state index contributed by atoms with van der Waals surface area (Å²) in [5, 5.41) is 3.15. The average molecular weight is 271 g/mol. The van der Waals surface area contributed by atoms with Crippen LogP contribution in [0.25, 0.3) is 11.3 Å². The van der Waals surface area contributed by atoms with Crippen molar-refractivity contribution in [1.82, 2.24) is 9.97 Å². The lowest BCUT2D eigenvalue weighted by Gasteiger charge is -2.13. The SMILES string of the molecule is CCCc1nc(NC)c(C)c(-c2cccc(OC)c2)n1. The summed E-state index contributed by atoms with van der Waals surface area (Å²) in [6.45, 7) is 4.17. The molecule has 0 radical (unpaired) electrons. The Morgan fingerprint density at radius 3 is 2.70 bits per heavy atom. The normalized spacial score (nSPS) is 10.4. The van der Waals surface area contributed by atoms with Gasteiger partial charge in [0.05, 0.1) is 12.8 Å². The average Bonchev–Trinajstić information content (AvgIpc) is 2.49. The highest BCUT2D eigenvalue weighted by molar-refractivity contribution is 5.69. The van der Waals surface area contributed by atoms with Crippen LogP contribution in [0.2, 0.25) is 0 Å². The van der Waals surface area contributed by atoms with Crippen LogP contribution in [0.5, 0.6) is 5.75 Å². The lowest BCUT2D eigenvalue weighted by molar-refractivity contribution is 0.415. The van der Waals surface area contributed by atoms with Gasteiger partial charge in [0, 0.05) is 24.6 Å². The van der Waals surface area contributed by atoms with E-state index in [4.69, 9.17) is 9.72 Å². The number of aromatic nitrogens is 2. The third-order valence-electron chi connectivity index (χ3n) is 3.25. The smallest absolute Gasteiger partial charge is 0.132 e. The van der Waals surface area contributed by atoms with Crippen LogP contribution >= 0.6 is 0 Å². The Labute approximate surface area is 120 Å². The van der Waals surface area contributed by atoms with Crippen LogP contribution in [0.1, 0.15) is 24.7 Å². The van der Waals surface area contributed by atoms with Crippen LogP contribution in [0, 0.1) is 6.92 Å².